The van der Waals surface area contributed by atoms with Gasteiger partial charge in [0.15, 0.2) is 17.3 Å². The maximum absolute atomic E-state index is 13.6. The molecule has 0 aliphatic rings. The SMILES string of the molecule is COc1ccc(C(=O)CCC(=O)N[C@@H](CC(C)C)C(=O)O)cc1F. The highest BCUT2D eigenvalue weighted by molar-refractivity contribution is 5.98. The topological polar surface area (TPSA) is 92.7 Å². The summed E-state index contributed by atoms with van der Waals surface area (Å²) in [5, 5.41) is 11.5. The number of nitrogens with one attached hydrogen (secondary N) is 1. The number of carboxylic acids is 1. The van der Waals surface area contributed by atoms with Crippen molar-refractivity contribution in [2.24, 2.45) is 5.92 Å². The summed E-state index contributed by atoms with van der Waals surface area (Å²) >= 11 is 0. The van der Waals surface area contributed by atoms with E-state index in [4.69, 9.17) is 9.84 Å². The summed E-state index contributed by atoms with van der Waals surface area (Å²) in [6.45, 7) is 3.70. The second kappa shape index (κ2) is 9.00. The lowest BCUT2D eigenvalue weighted by Crippen LogP contribution is -2.41. The minimum atomic E-state index is -1.11. The van der Waals surface area contributed by atoms with Gasteiger partial charge in [-0.25, -0.2) is 9.18 Å². The second-order valence-electron chi connectivity index (χ2n) is 5.86. The van der Waals surface area contributed by atoms with Crippen LogP contribution < -0.4 is 10.1 Å². The molecule has 0 saturated carbocycles. The predicted octanol–water partition coefficient (Wildman–Crippen LogP) is 2.41. The Morgan fingerprint density at radius 2 is 1.92 bits per heavy atom. The average Bonchev–Trinajstić information content (AvgIpc) is 2.51. The molecule has 0 saturated heterocycles. The van der Waals surface area contributed by atoms with Crippen LogP contribution in [0.15, 0.2) is 18.2 Å². The summed E-state index contributed by atoms with van der Waals surface area (Å²) in [5.74, 6) is -2.55. The van der Waals surface area contributed by atoms with Crippen LogP contribution in [0.25, 0.3) is 0 Å². The number of benzene rings is 1. The number of Topliss-reactive ketones (excluding diaryl/α,β-unsaturated/α-hetero) is 1. The molecule has 1 amide bonds. The Hall–Kier alpha value is -2.44. The lowest BCUT2D eigenvalue weighted by molar-refractivity contribution is -0.142. The zero-order valence-corrected chi connectivity index (χ0v) is 14.0. The molecule has 0 aliphatic heterocycles. The Morgan fingerprint density at radius 1 is 1.25 bits per heavy atom. The molecule has 0 unspecified atom stereocenters. The summed E-state index contributed by atoms with van der Waals surface area (Å²) in [7, 11) is 1.32. The molecule has 0 heterocycles. The number of carbonyl (C=O) groups is 3. The van der Waals surface area contributed by atoms with E-state index in [1.165, 1.54) is 19.2 Å². The van der Waals surface area contributed by atoms with E-state index in [9.17, 15) is 18.8 Å². The smallest absolute Gasteiger partial charge is 0.326 e. The van der Waals surface area contributed by atoms with E-state index >= 15 is 0 Å². The standard InChI is InChI=1S/C17H22FNO5/c1-10(2)8-13(17(22)23)19-16(21)7-5-14(20)11-4-6-15(24-3)12(18)9-11/h4,6,9-10,13H,5,7-8H2,1-3H3,(H,19,21)(H,22,23)/t13-/m0/s1. The fourth-order valence-electron chi connectivity index (χ4n) is 2.17. The fraction of sp³-hybridized carbons (Fsp3) is 0.471. The van der Waals surface area contributed by atoms with Gasteiger partial charge in [-0.05, 0) is 30.5 Å². The van der Waals surface area contributed by atoms with Crippen LogP contribution in [0.2, 0.25) is 0 Å². The zero-order valence-electron chi connectivity index (χ0n) is 14.0. The normalized spacial score (nSPS) is 11.9. The quantitative estimate of drug-likeness (QED) is 0.674. The van der Waals surface area contributed by atoms with Crippen molar-refractivity contribution in [2.75, 3.05) is 7.11 Å². The van der Waals surface area contributed by atoms with Crippen LogP contribution in [0.4, 0.5) is 4.39 Å². The highest BCUT2D eigenvalue weighted by atomic mass is 19.1. The number of aliphatic carboxylic acids is 1. The van der Waals surface area contributed by atoms with Gasteiger partial charge in [-0.2, -0.15) is 0 Å². The third-order valence-corrected chi connectivity index (χ3v) is 3.39. The molecule has 0 fully saturated rings. The van der Waals surface area contributed by atoms with Gasteiger partial charge in [-0.3, -0.25) is 9.59 Å². The third kappa shape index (κ3) is 5.98. The van der Waals surface area contributed by atoms with E-state index < -0.39 is 29.5 Å². The van der Waals surface area contributed by atoms with E-state index in [2.05, 4.69) is 5.32 Å². The zero-order chi connectivity index (χ0) is 18.3. The maximum atomic E-state index is 13.6. The van der Waals surface area contributed by atoms with Crippen LogP contribution in [-0.2, 0) is 9.59 Å². The number of carbonyl (C=O) groups excluding carboxylic acids is 2. The number of methoxy groups -OCH3 is 1. The molecule has 0 radical (unpaired) electrons. The first-order valence-electron chi connectivity index (χ1n) is 7.63. The Balaban J connectivity index is 2.58. The average molecular weight is 339 g/mol. The molecule has 6 nitrogen and oxygen atoms in total. The van der Waals surface area contributed by atoms with Crippen LogP contribution in [0, 0.1) is 11.7 Å². The molecule has 132 valence electrons. The minimum Gasteiger partial charge on any atom is -0.494 e. The van der Waals surface area contributed by atoms with Gasteiger partial charge in [0.2, 0.25) is 5.91 Å². The Morgan fingerprint density at radius 3 is 2.42 bits per heavy atom. The summed E-state index contributed by atoms with van der Waals surface area (Å²) < 4.78 is 18.3. The van der Waals surface area contributed by atoms with Gasteiger partial charge in [0.1, 0.15) is 6.04 Å². The first-order chi connectivity index (χ1) is 11.2. The van der Waals surface area contributed by atoms with Gasteiger partial charge in [0, 0.05) is 18.4 Å². The van der Waals surface area contributed by atoms with Gasteiger partial charge in [0.25, 0.3) is 0 Å². The van der Waals surface area contributed by atoms with E-state index in [-0.39, 0.29) is 30.1 Å². The molecule has 1 atom stereocenters. The number of amides is 1. The summed E-state index contributed by atoms with van der Waals surface area (Å²) in [5.41, 5.74) is 0.137. The van der Waals surface area contributed by atoms with Crippen molar-refractivity contribution < 1.29 is 28.6 Å². The molecular weight excluding hydrogens is 317 g/mol. The highest BCUT2D eigenvalue weighted by Gasteiger charge is 2.21. The van der Waals surface area contributed by atoms with Crippen molar-refractivity contribution in [2.45, 2.75) is 39.2 Å². The number of ether oxygens (including phenoxy) is 1. The number of hydrogen-bond donors (Lipinski definition) is 2. The van der Waals surface area contributed by atoms with Crippen molar-refractivity contribution in [1.29, 1.82) is 0 Å². The molecule has 1 aromatic rings. The fourth-order valence-corrected chi connectivity index (χ4v) is 2.17. The van der Waals surface area contributed by atoms with Crippen LogP contribution in [0.5, 0.6) is 5.75 Å². The molecule has 1 rings (SSSR count). The Labute approximate surface area is 140 Å². The van der Waals surface area contributed by atoms with Crippen molar-refractivity contribution in [3.63, 3.8) is 0 Å². The molecule has 2 N–H and O–H groups in total. The molecule has 0 aliphatic carbocycles. The van der Waals surface area contributed by atoms with Gasteiger partial charge >= 0.3 is 5.97 Å². The van der Waals surface area contributed by atoms with Crippen LogP contribution in [0.1, 0.15) is 43.5 Å². The van der Waals surface area contributed by atoms with Crippen LogP contribution in [0.3, 0.4) is 0 Å². The number of hydrogen-bond acceptors (Lipinski definition) is 4. The van der Waals surface area contributed by atoms with Crippen molar-refractivity contribution >= 4 is 17.7 Å². The second-order valence-corrected chi connectivity index (χ2v) is 5.86. The Kier molecular flexibility index (Phi) is 7.35. The predicted molar refractivity (Wildman–Crippen MR) is 85.5 cm³/mol. The summed E-state index contributed by atoms with van der Waals surface area (Å²) in [6.07, 6.45) is 0.0126. The van der Waals surface area contributed by atoms with Gasteiger partial charge < -0.3 is 15.2 Å². The van der Waals surface area contributed by atoms with Gasteiger partial charge in [-0.1, -0.05) is 13.8 Å². The van der Waals surface area contributed by atoms with E-state index in [0.717, 1.165) is 6.07 Å². The number of rotatable bonds is 9. The Bertz CT molecular complexity index is 615. The van der Waals surface area contributed by atoms with Gasteiger partial charge in [0.05, 0.1) is 7.11 Å². The largest absolute Gasteiger partial charge is 0.494 e. The maximum Gasteiger partial charge on any atom is 0.326 e. The summed E-state index contributed by atoms with van der Waals surface area (Å²) in [4.78, 5) is 34.9. The number of carboxylic acid groups (broad SMARTS) is 1. The molecule has 0 bridgehead atoms. The lowest BCUT2D eigenvalue weighted by atomic mass is 10.0. The molecule has 0 spiro atoms. The van der Waals surface area contributed by atoms with Crippen LogP contribution >= 0.6 is 0 Å². The van der Waals surface area contributed by atoms with E-state index in [0.29, 0.717) is 6.42 Å². The number of ketones is 1. The molecule has 7 heteroatoms. The van der Waals surface area contributed by atoms with E-state index in [1.807, 2.05) is 13.8 Å². The minimum absolute atomic E-state index is 0.0299. The summed E-state index contributed by atoms with van der Waals surface area (Å²) in [6, 6.07) is 2.83. The van der Waals surface area contributed by atoms with Crippen molar-refractivity contribution in [1.82, 2.24) is 5.32 Å². The van der Waals surface area contributed by atoms with Gasteiger partial charge in [-0.15, -0.1) is 0 Å². The molecule has 1 aromatic carbocycles. The van der Waals surface area contributed by atoms with Crippen molar-refractivity contribution in [3.8, 4) is 5.75 Å². The van der Waals surface area contributed by atoms with Crippen molar-refractivity contribution in [3.05, 3.63) is 29.6 Å². The molecule has 24 heavy (non-hydrogen) atoms. The lowest BCUT2D eigenvalue weighted by Gasteiger charge is -2.16. The van der Waals surface area contributed by atoms with E-state index in [1.54, 1.807) is 0 Å². The third-order valence-electron chi connectivity index (χ3n) is 3.39. The monoisotopic (exact) mass is 339 g/mol. The van der Waals surface area contributed by atoms with Crippen LogP contribution in [-0.4, -0.2) is 35.9 Å². The molecule has 0 aromatic heterocycles. The highest BCUT2D eigenvalue weighted by Crippen LogP contribution is 2.19. The molecular formula is C17H22FNO5. The first kappa shape index (κ1) is 19.6. The first-order valence-corrected chi connectivity index (χ1v) is 7.63. The number of halogens is 1.